The Labute approximate surface area is 175 Å². The van der Waals surface area contributed by atoms with Gasteiger partial charge in [-0.15, -0.1) is 0 Å². The number of imidazole rings is 1. The van der Waals surface area contributed by atoms with Gasteiger partial charge >= 0.3 is 0 Å². The standard InChI is InChI=1S/C23H26N6O/c1-3-18(14-30)25-23-27-21(20-22(28-23)29(2)15-24-20)26-19(16-10-6-4-7-11-16)17-12-8-5-9-13-17/h4-13,15,18-19,30H,3,14H2,1-2H3,(H2,25,26,27,28). The van der Waals surface area contributed by atoms with Gasteiger partial charge in [0, 0.05) is 7.05 Å². The van der Waals surface area contributed by atoms with E-state index in [1.165, 1.54) is 0 Å². The highest BCUT2D eigenvalue weighted by molar-refractivity contribution is 5.84. The largest absolute Gasteiger partial charge is 0.394 e. The number of aliphatic hydroxyl groups is 1. The molecule has 0 saturated heterocycles. The zero-order chi connectivity index (χ0) is 20.9. The van der Waals surface area contributed by atoms with Gasteiger partial charge in [0.15, 0.2) is 17.0 Å². The molecule has 0 aliphatic rings. The van der Waals surface area contributed by atoms with Gasteiger partial charge in [-0.3, -0.25) is 0 Å². The van der Waals surface area contributed by atoms with Crippen LogP contribution < -0.4 is 10.6 Å². The first kappa shape index (κ1) is 19.8. The summed E-state index contributed by atoms with van der Waals surface area (Å²) in [6.07, 6.45) is 2.50. The fourth-order valence-corrected chi connectivity index (χ4v) is 3.42. The molecule has 4 aromatic rings. The van der Waals surface area contributed by atoms with Crippen molar-refractivity contribution in [1.82, 2.24) is 19.5 Å². The number of nitrogens with one attached hydrogen (secondary N) is 2. The monoisotopic (exact) mass is 402 g/mol. The number of benzene rings is 2. The molecule has 0 aliphatic heterocycles. The second-order valence-electron chi connectivity index (χ2n) is 7.25. The Bertz CT molecular complexity index is 1050. The van der Waals surface area contributed by atoms with Crippen LogP contribution in [0.2, 0.25) is 0 Å². The van der Waals surface area contributed by atoms with E-state index >= 15 is 0 Å². The van der Waals surface area contributed by atoms with Crippen molar-refractivity contribution < 1.29 is 5.11 Å². The highest BCUT2D eigenvalue weighted by atomic mass is 16.3. The van der Waals surface area contributed by atoms with Crippen LogP contribution in [0.1, 0.15) is 30.5 Å². The molecule has 2 aromatic heterocycles. The maximum Gasteiger partial charge on any atom is 0.227 e. The minimum atomic E-state index is -0.109. The molecule has 0 fully saturated rings. The highest BCUT2D eigenvalue weighted by Crippen LogP contribution is 2.29. The van der Waals surface area contributed by atoms with E-state index in [0.717, 1.165) is 23.2 Å². The Balaban J connectivity index is 1.78. The quantitative estimate of drug-likeness (QED) is 0.416. The van der Waals surface area contributed by atoms with Crippen LogP contribution >= 0.6 is 0 Å². The van der Waals surface area contributed by atoms with Crippen LogP contribution in [0.25, 0.3) is 11.2 Å². The van der Waals surface area contributed by atoms with Crippen molar-refractivity contribution in [2.75, 3.05) is 17.2 Å². The molecule has 4 rings (SSSR count). The van der Waals surface area contributed by atoms with Crippen molar-refractivity contribution in [2.45, 2.75) is 25.4 Å². The number of hydrogen-bond acceptors (Lipinski definition) is 6. The molecular weight excluding hydrogens is 376 g/mol. The summed E-state index contributed by atoms with van der Waals surface area (Å²) in [6.45, 7) is 2.03. The van der Waals surface area contributed by atoms with Crippen LogP contribution in [-0.2, 0) is 7.05 Å². The van der Waals surface area contributed by atoms with Crippen LogP contribution in [0.4, 0.5) is 11.8 Å². The molecule has 0 bridgehead atoms. The molecule has 0 radical (unpaired) electrons. The summed E-state index contributed by atoms with van der Waals surface area (Å²) in [6, 6.07) is 20.3. The number of aryl methyl sites for hydroxylation is 1. The Morgan fingerprint density at radius 2 is 1.57 bits per heavy atom. The molecule has 7 nitrogen and oxygen atoms in total. The van der Waals surface area contributed by atoms with E-state index in [1.807, 2.05) is 54.9 Å². The second kappa shape index (κ2) is 8.92. The zero-order valence-corrected chi connectivity index (χ0v) is 17.2. The molecule has 1 atom stereocenters. The van der Waals surface area contributed by atoms with Crippen LogP contribution in [0.15, 0.2) is 67.0 Å². The molecule has 0 amide bonds. The van der Waals surface area contributed by atoms with Crippen LogP contribution in [-0.4, -0.2) is 37.3 Å². The summed E-state index contributed by atoms with van der Waals surface area (Å²) in [7, 11) is 1.91. The number of rotatable bonds is 8. The zero-order valence-electron chi connectivity index (χ0n) is 17.2. The average molecular weight is 403 g/mol. The van der Waals surface area contributed by atoms with E-state index in [-0.39, 0.29) is 18.7 Å². The first-order chi connectivity index (χ1) is 14.7. The van der Waals surface area contributed by atoms with Gasteiger partial charge in [0.2, 0.25) is 5.95 Å². The van der Waals surface area contributed by atoms with Crippen LogP contribution in [0, 0.1) is 0 Å². The first-order valence-electron chi connectivity index (χ1n) is 10.1. The third-order valence-electron chi connectivity index (χ3n) is 5.15. The number of anilines is 2. The van der Waals surface area contributed by atoms with Gasteiger partial charge < -0.3 is 20.3 Å². The summed E-state index contributed by atoms with van der Waals surface area (Å²) in [5.74, 6) is 1.11. The molecule has 7 heteroatoms. The average Bonchev–Trinajstić information content (AvgIpc) is 3.17. The SMILES string of the molecule is CCC(CO)Nc1nc(NC(c2ccccc2)c2ccccc2)c2ncn(C)c2n1. The second-order valence-corrected chi connectivity index (χ2v) is 7.25. The van der Waals surface area contributed by atoms with Crippen LogP contribution in [0.5, 0.6) is 0 Å². The summed E-state index contributed by atoms with van der Waals surface area (Å²) >= 11 is 0. The molecule has 30 heavy (non-hydrogen) atoms. The molecule has 0 spiro atoms. The van der Waals surface area contributed by atoms with Crippen LogP contribution in [0.3, 0.4) is 0 Å². The maximum atomic E-state index is 9.58. The molecule has 2 aromatic carbocycles. The van der Waals surface area contributed by atoms with E-state index in [4.69, 9.17) is 4.98 Å². The van der Waals surface area contributed by atoms with Gasteiger partial charge in [0.1, 0.15) is 0 Å². The van der Waals surface area contributed by atoms with Gasteiger partial charge in [-0.05, 0) is 17.5 Å². The molecule has 0 saturated carbocycles. The Morgan fingerprint density at radius 1 is 0.933 bits per heavy atom. The lowest BCUT2D eigenvalue weighted by Gasteiger charge is -2.21. The minimum absolute atomic E-state index is 0.0166. The lowest BCUT2D eigenvalue weighted by Crippen LogP contribution is -2.24. The van der Waals surface area contributed by atoms with Crippen molar-refractivity contribution in [3.05, 3.63) is 78.1 Å². The summed E-state index contributed by atoms with van der Waals surface area (Å²) in [4.78, 5) is 13.8. The molecule has 2 heterocycles. The van der Waals surface area contributed by atoms with E-state index in [2.05, 4.69) is 44.9 Å². The lowest BCUT2D eigenvalue weighted by molar-refractivity contribution is 0.271. The Morgan fingerprint density at radius 3 is 2.13 bits per heavy atom. The van der Waals surface area contributed by atoms with Gasteiger partial charge in [0.25, 0.3) is 0 Å². The molecule has 1 unspecified atom stereocenters. The van der Waals surface area contributed by atoms with Crippen molar-refractivity contribution in [1.29, 1.82) is 0 Å². The number of nitrogens with zero attached hydrogens (tertiary/aromatic N) is 4. The number of aliphatic hydroxyl groups excluding tert-OH is 1. The molecular formula is C23H26N6O. The molecule has 154 valence electrons. The van der Waals surface area contributed by atoms with E-state index in [1.54, 1.807) is 6.33 Å². The number of hydrogen-bond donors (Lipinski definition) is 3. The fraction of sp³-hybridized carbons (Fsp3) is 0.261. The number of aromatic nitrogens is 4. The van der Waals surface area contributed by atoms with Crippen molar-refractivity contribution >= 4 is 22.9 Å². The normalized spacial score (nSPS) is 12.3. The highest BCUT2D eigenvalue weighted by Gasteiger charge is 2.19. The maximum absolute atomic E-state index is 9.58. The molecule has 0 aliphatic carbocycles. The van der Waals surface area contributed by atoms with Crippen molar-refractivity contribution in [3.8, 4) is 0 Å². The predicted octanol–water partition coefficient (Wildman–Crippen LogP) is 3.75. The van der Waals surface area contributed by atoms with Crippen molar-refractivity contribution in [2.24, 2.45) is 7.05 Å². The predicted molar refractivity (Wildman–Crippen MR) is 119 cm³/mol. The molecule has 3 N–H and O–H groups in total. The summed E-state index contributed by atoms with van der Waals surface area (Å²) in [5, 5.41) is 16.4. The van der Waals surface area contributed by atoms with Gasteiger partial charge in [0.05, 0.1) is 25.0 Å². The van der Waals surface area contributed by atoms with E-state index < -0.39 is 0 Å². The lowest BCUT2D eigenvalue weighted by atomic mass is 9.99. The Kier molecular flexibility index (Phi) is 5.90. The van der Waals surface area contributed by atoms with Crippen molar-refractivity contribution in [3.63, 3.8) is 0 Å². The fourth-order valence-electron chi connectivity index (χ4n) is 3.42. The topological polar surface area (TPSA) is 87.9 Å². The minimum Gasteiger partial charge on any atom is -0.394 e. The van der Waals surface area contributed by atoms with Gasteiger partial charge in [-0.2, -0.15) is 9.97 Å². The summed E-state index contributed by atoms with van der Waals surface area (Å²) in [5.41, 5.74) is 3.69. The van der Waals surface area contributed by atoms with Gasteiger partial charge in [-0.25, -0.2) is 4.98 Å². The first-order valence-corrected chi connectivity index (χ1v) is 10.1. The third-order valence-corrected chi connectivity index (χ3v) is 5.15. The Hall–Kier alpha value is -3.45. The smallest absolute Gasteiger partial charge is 0.227 e. The van der Waals surface area contributed by atoms with E-state index in [0.29, 0.717) is 17.3 Å². The van der Waals surface area contributed by atoms with Gasteiger partial charge in [-0.1, -0.05) is 67.6 Å². The number of fused-ring (bicyclic) bond motifs is 1. The van der Waals surface area contributed by atoms with E-state index in [9.17, 15) is 5.11 Å². The third kappa shape index (κ3) is 4.11. The summed E-state index contributed by atoms with van der Waals surface area (Å²) < 4.78 is 1.87.